The summed E-state index contributed by atoms with van der Waals surface area (Å²) in [4.78, 5) is 4.60. The predicted octanol–water partition coefficient (Wildman–Crippen LogP) is 5.28. The molecule has 0 saturated heterocycles. The number of rotatable bonds is 4. The fourth-order valence-corrected chi connectivity index (χ4v) is 3.19. The highest BCUT2D eigenvalue weighted by atomic mass is 79.9. The van der Waals surface area contributed by atoms with E-state index < -0.39 is 0 Å². The van der Waals surface area contributed by atoms with E-state index in [2.05, 4.69) is 26.0 Å². The highest BCUT2D eigenvalue weighted by molar-refractivity contribution is 9.10. The van der Waals surface area contributed by atoms with Gasteiger partial charge in [0.25, 0.3) is 0 Å². The van der Waals surface area contributed by atoms with E-state index in [1.807, 2.05) is 42.5 Å². The van der Waals surface area contributed by atoms with Crippen molar-refractivity contribution >= 4 is 28.1 Å². The van der Waals surface area contributed by atoms with Crippen molar-refractivity contribution in [1.82, 2.24) is 14.8 Å². The minimum absolute atomic E-state index is 0.132. The SMILES string of the molecule is Oc1ccc(Br)cc1/C=C/c1nc(-c2ccccc2O)n(-c2ccccc2)n1. The summed E-state index contributed by atoms with van der Waals surface area (Å²) in [6.07, 6.45) is 3.48. The first-order valence-electron chi connectivity index (χ1n) is 8.59. The minimum atomic E-state index is 0.132. The fourth-order valence-electron chi connectivity index (χ4n) is 2.81. The maximum Gasteiger partial charge on any atom is 0.175 e. The van der Waals surface area contributed by atoms with Crippen LogP contribution in [0.1, 0.15) is 11.4 Å². The molecule has 0 amide bonds. The second kappa shape index (κ2) is 7.70. The highest BCUT2D eigenvalue weighted by Crippen LogP contribution is 2.29. The Labute approximate surface area is 170 Å². The first-order valence-corrected chi connectivity index (χ1v) is 9.38. The van der Waals surface area contributed by atoms with Crippen molar-refractivity contribution in [1.29, 1.82) is 0 Å². The van der Waals surface area contributed by atoms with Gasteiger partial charge in [-0.2, -0.15) is 0 Å². The molecule has 0 aliphatic carbocycles. The van der Waals surface area contributed by atoms with Crippen LogP contribution in [0.3, 0.4) is 0 Å². The molecule has 0 aliphatic heterocycles. The number of aromatic nitrogens is 3. The molecule has 0 saturated carbocycles. The van der Waals surface area contributed by atoms with Crippen LogP contribution >= 0.6 is 15.9 Å². The number of hydrogen-bond acceptors (Lipinski definition) is 4. The van der Waals surface area contributed by atoms with Gasteiger partial charge in [-0.25, -0.2) is 9.67 Å². The second-order valence-corrected chi connectivity index (χ2v) is 7.01. The van der Waals surface area contributed by atoms with Crippen molar-refractivity contribution in [2.45, 2.75) is 0 Å². The lowest BCUT2D eigenvalue weighted by Crippen LogP contribution is -1.99. The van der Waals surface area contributed by atoms with Gasteiger partial charge >= 0.3 is 0 Å². The third-order valence-corrected chi connectivity index (χ3v) is 4.66. The van der Waals surface area contributed by atoms with Crippen LogP contribution in [0.5, 0.6) is 11.5 Å². The van der Waals surface area contributed by atoms with Crippen molar-refractivity contribution in [3.63, 3.8) is 0 Å². The molecule has 0 atom stereocenters. The van der Waals surface area contributed by atoms with E-state index >= 15 is 0 Å². The van der Waals surface area contributed by atoms with Gasteiger partial charge in [-0.3, -0.25) is 0 Å². The van der Waals surface area contributed by atoms with Gasteiger partial charge in [0.2, 0.25) is 0 Å². The van der Waals surface area contributed by atoms with Crippen LogP contribution in [0, 0.1) is 0 Å². The lowest BCUT2D eigenvalue weighted by molar-refractivity contribution is 0.474. The zero-order chi connectivity index (χ0) is 19.5. The molecule has 2 N–H and O–H groups in total. The van der Waals surface area contributed by atoms with Crippen molar-refractivity contribution in [2.24, 2.45) is 0 Å². The number of halogens is 1. The summed E-state index contributed by atoms with van der Waals surface area (Å²) in [7, 11) is 0. The van der Waals surface area contributed by atoms with Gasteiger partial charge in [0.05, 0.1) is 11.3 Å². The zero-order valence-corrected chi connectivity index (χ0v) is 16.3. The molecule has 6 heteroatoms. The molecule has 0 bridgehead atoms. The monoisotopic (exact) mass is 433 g/mol. The summed E-state index contributed by atoms with van der Waals surface area (Å²) in [6.45, 7) is 0. The van der Waals surface area contributed by atoms with E-state index in [4.69, 9.17) is 0 Å². The Morgan fingerprint density at radius 2 is 1.57 bits per heavy atom. The number of phenols is 2. The van der Waals surface area contributed by atoms with Gasteiger partial charge in [-0.05, 0) is 54.6 Å². The number of aromatic hydroxyl groups is 2. The van der Waals surface area contributed by atoms with Gasteiger partial charge < -0.3 is 10.2 Å². The largest absolute Gasteiger partial charge is 0.507 e. The molecule has 0 spiro atoms. The molecule has 0 aliphatic rings. The number of phenolic OH excluding ortho intramolecular Hbond substituents is 2. The predicted molar refractivity (Wildman–Crippen MR) is 113 cm³/mol. The van der Waals surface area contributed by atoms with Gasteiger partial charge in [0.1, 0.15) is 11.5 Å². The Morgan fingerprint density at radius 1 is 0.821 bits per heavy atom. The fraction of sp³-hybridized carbons (Fsp3) is 0. The molecular formula is C22H16BrN3O2. The van der Waals surface area contributed by atoms with Crippen molar-refractivity contribution < 1.29 is 10.2 Å². The van der Waals surface area contributed by atoms with Crippen LogP contribution in [0.25, 0.3) is 29.2 Å². The first-order chi connectivity index (χ1) is 13.6. The molecule has 1 heterocycles. The maximum absolute atomic E-state index is 10.3. The molecule has 0 unspecified atom stereocenters. The zero-order valence-electron chi connectivity index (χ0n) is 14.7. The van der Waals surface area contributed by atoms with Crippen LogP contribution in [0.4, 0.5) is 0 Å². The van der Waals surface area contributed by atoms with Crippen LogP contribution < -0.4 is 0 Å². The molecule has 0 radical (unpaired) electrons. The third-order valence-electron chi connectivity index (χ3n) is 4.17. The summed E-state index contributed by atoms with van der Waals surface area (Å²) >= 11 is 3.40. The van der Waals surface area contributed by atoms with E-state index in [9.17, 15) is 10.2 Å². The molecule has 0 fully saturated rings. The summed E-state index contributed by atoms with van der Waals surface area (Å²) in [6, 6.07) is 21.8. The molecular weight excluding hydrogens is 418 g/mol. The maximum atomic E-state index is 10.3. The summed E-state index contributed by atoms with van der Waals surface area (Å²) in [5.74, 6) is 1.29. The Kier molecular flexibility index (Phi) is 4.95. The van der Waals surface area contributed by atoms with Gasteiger partial charge in [0, 0.05) is 10.0 Å². The minimum Gasteiger partial charge on any atom is -0.507 e. The van der Waals surface area contributed by atoms with E-state index in [-0.39, 0.29) is 11.5 Å². The Balaban J connectivity index is 1.81. The van der Waals surface area contributed by atoms with Gasteiger partial charge in [-0.1, -0.05) is 46.3 Å². The topological polar surface area (TPSA) is 71.2 Å². The number of hydrogen-bond donors (Lipinski definition) is 2. The van der Waals surface area contributed by atoms with Gasteiger partial charge in [0.15, 0.2) is 11.6 Å². The molecule has 138 valence electrons. The lowest BCUT2D eigenvalue weighted by Gasteiger charge is -2.06. The van der Waals surface area contributed by atoms with Gasteiger partial charge in [-0.15, -0.1) is 5.10 Å². The molecule has 5 nitrogen and oxygen atoms in total. The average Bonchev–Trinajstić information content (AvgIpc) is 3.14. The van der Waals surface area contributed by atoms with Crippen LogP contribution in [0.2, 0.25) is 0 Å². The molecule has 28 heavy (non-hydrogen) atoms. The highest BCUT2D eigenvalue weighted by Gasteiger charge is 2.15. The number of para-hydroxylation sites is 2. The van der Waals surface area contributed by atoms with E-state index in [0.29, 0.717) is 22.8 Å². The van der Waals surface area contributed by atoms with Crippen LogP contribution in [0.15, 0.2) is 77.3 Å². The lowest BCUT2D eigenvalue weighted by atomic mass is 10.2. The summed E-state index contributed by atoms with van der Waals surface area (Å²) in [5, 5.41) is 24.9. The number of nitrogens with zero attached hydrogens (tertiary/aromatic N) is 3. The molecule has 4 aromatic rings. The normalized spacial score (nSPS) is 11.2. The Morgan fingerprint density at radius 3 is 2.36 bits per heavy atom. The molecule has 3 aromatic carbocycles. The van der Waals surface area contributed by atoms with Crippen molar-refractivity contribution in [2.75, 3.05) is 0 Å². The van der Waals surface area contributed by atoms with Crippen LogP contribution in [-0.4, -0.2) is 25.0 Å². The average molecular weight is 434 g/mol. The Hall–Kier alpha value is -3.38. The van der Waals surface area contributed by atoms with E-state index in [0.717, 1.165) is 10.2 Å². The van der Waals surface area contributed by atoms with E-state index in [1.165, 1.54) is 0 Å². The van der Waals surface area contributed by atoms with Crippen molar-refractivity contribution in [3.8, 4) is 28.6 Å². The number of benzene rings is 3. The molecule has 1 aromatic heterocycles. The third kappa shape index (κ3) is 3.68. The quantitative estimate of drug-likeness (QED) is 0.459. The smallest absolute Gasteiger partial charge is 0.175 e. The standard InChI is InChI=1S/C22H16BrN3O2/c23-16-11-12-19(27)15(14-16)10-13-21-24-22(18-8-4-5-9-20(18)28)26(25-21)17-6-2-1-3-7-17/h1-14,27-28H/b13-10+. The van der Waals surface area contributed by atoms with Crippen LogP contribution in [-0.2, 0) is 0 Å². The van der Waals surface area contributed by atoms with Crippen molar-refractivity contribution in [3.05, 3.63) is 88.7 Å². The summed E-state index contributed by atoms with van der Waals surface area (Å²) < 4.78 is 2.55. The Bertz CT molecular complexity index is 1150. The second-order valence-electron chi connectivity index (χ2n) is 6.09. The first kappa shape index (κ1) is 18.0. The van der Waals surface area contributed by atoms with E-state index in [1.54, 1.807) is 47.2 Å². The summed E-state index contributed by atoms with van der Waals surface area (Å²) in [5.41, 5.74) is 2.07. The molecule has 4 rings (SSSR count).